The van der Waals surface area contributed by atoms with E-state index in [9.17, 15) is 9.59 Å². The number of aromatic carboxylic acids is 1. The SMILES string of the molecule is CC(NC(=O)c1ccccc1)c1nc(C(=O)O)cs1. The first-order valence-electron chi connectivity index (χ1n) is 5.62. The van der Waals surface area contributed by atoms with Crippen LogP contribution in [0.15, 0.2) is 35.7 Å². The van der Waals surface area contributed by atoms with E-state index in [2.05, 4.69) is 10.3 Å². The van der Waals surface area contributed by atoms with Gasteiger partial charge in [-0.3, -0.25) is 4.79 Å². The van der Waals surface area contributed by atoms with Crippen molar-refractivity contribution >= 4 is 23.2 Å². The lowest BCUT2D eigenvalue weighted by molar-refractivity contribution is 0.0691. The number of thiazole rings is 1. The second kappa shape index (κ2) is 5.62. The Balaban J connectivity index is 2.06. The van der Waals surface area contributed by atoms with Crippen LogP contribution in [0, 0.1) is 0 Å². The minimum atomic E-state index is -1.07. The topological polar surface area (TPSA) is 79.3 Å². The molecule has 2 N–H and O–H groups in total. The molecule has 0 aliphatic carbocycles. The molecule has 0 saturated carbocycles. The highest BCUT2D eigenvalue weighted by atomic mass is 32.1. The zero-order chi connectivity index (χ0) is 13.8. The van der Waals surface area contributed by atoms with Crippen molar-refractivity contribution in [1.82, 2.24) is 10.3 Å². The summed E-state index contributed by atoms with van der Waals surface area (Å²) in [6.07, 6.45) is 0. The molecule has 0 radical (unpaired) electrons. The summed E-state index contributed by atoms with van der Waals surface area (Å²) in [5.74, 6) is -1.27. The van der Waals surface area contributed by atoms with Gasteiger partial charge in [-0.25, -0.2) is 9.78 Å². The van der Waals surface area contributed by atoms with E-state index in [1.54, 1.807) is 31.2 Å². The van der Waals surface area contributed by atoms with Crippen LogP contribution in [-0.4, -0.2) is 22.0 Å². The summed E-state index contributed by atoms with van der Waals surface area (Å²) in [6, 6.07) is 8.50. The van der Waals surface area contributed by atoms with Gasteiger partial charge in [0.1, 0.15) is 5.01 Å². The molecule has 2 rings (SSSR count). The zero-order valence-electron chi connectivity index (χ0n) is 10.2. The Labute approximate surface area is 113 Å². The standard InChI is InChI=1S/C13H12N2O3S/c1-8(12-15-10(7-19-12)13(17)18)14-11(16)9-5-3-2-4-6-9/h2-8H,1H3,(H,14,16)(H,17,18). The number of hydrogen-bond donors (Lipinski definition) is 2. The van der Waals surface area contributed by atoms with E-state index in [1.165, 1.54) is 16.7 Å². The predicted molar refractivity (Wildman–Crippen MR) is 71.4 cm³/mol. The van der Waals surface area contributed by atoms with Crippen LogP contribution in [0.2, 0.25) is 0 Å². The lowest BCUT2D eigenvalue weighted by Gasteiger charge is -2.10. The Morgan fingerprint density at radius 2 is 2.00 bits per heavy atom. The third kappa shape index (κ3) is 3.17. The van der Waals surface area contributed by atoms with Crippen molar-refractivity contribution in [3.8, 4) is 0 Å². The van der Waals surface area contributed by atoms with Crippen LogP contribution < -0.4 is 5.32 Å². The summed E-state index contributed by atoms with van der Waals surface area (Å²) in [7, 11) is 0. The Bertz CT molecular complexity index is 595. The molecule has 2 aromatic rings. The molecule has 1 atom stereocenters. The third-order valence-electron chi connectivity index (χ3n) is 2.50. The minimum absolute atomic E-state index is 0.000750. The first-order chi connectivity index (χ1) is 9.08. The van der Waals surface area contributed by atoms with Crippen molar-refractivity contribution < 1.29 is 14.7 Å². The lowest BCUT2D eigenvalue weighted by atomic mass is 10.2. The number of carbonyl (C=O) groups excluding carboxylic acids is 1. The molecule has 0 aliphatic rings. The zero-order valence-corrected chi connectivity index (χ0v) is 11.0. The molecule has 0 spiro atoms. The third-order valence-corrected chi connectivity index (χ3v) is 3.52. The molecule has 0 bridgehead atoms. The maximum Gasteiger partial charge on any atom is 0.355 e. The second-order valence-corrected chi connectivity index (χ2v) is 4.83. The molecular weight excluding hydrogens is 264 g/mol. The summed E-state index contributed by atoms with van der Waals surface area (Å²) in [4.78, 5) is 26.6. The van der Waals surface area contributed by atoms with Crippen molar-refractivity contribution in [2.75, 3.05) is 0 Å². The molecule has 0 aliphatic heterocycles. The summed E-state index contributed by atoms with van der Waals surface area (Å²) >= 11 is 1.22. The van der Waals surface area contributed by atoms with Crippen molar-refractivity contribution in [3.05, 3.63) is 52.0 Å². The number of carboxylic acid groups (broad SMARTS) is 1. The van der Waals surface area contributed by atoms with Gasteiger partial charge in [-0.05, 0) is 19.1 Å². The van der Waals surface area contributed by atoms with Gasteiger partial charge in [0, 0.05) is 10.9 Å². The second-order valence-electron chi connectivity index (χ2n) is 3.94. The number of benzene rings is 1. The molecule has 1 heterocycles. The van der Waals surface area contributed by atoms with Crippen molar-refractivity contribution in [3.63, 3.8) is 0 Å². The van der Waals surface area contributed by atoms with Crippen LogP contribution in [0.4, 0.5) is 0 Å². The van der Waals surface area contributed by atoms with Crippen LogP contribution in [-0.2, 0) is 0 Å². The molecule has 0 fully saturated rings. The lowest BCUT2D eigenvalue weighted by Crippen LogP contribution is -2.26. The van der Waals surface area contributed by atoms with Crippen molar-refractivity contribution in [1.29, 1.82) is 0 Å². The number of nitrogens with one attached hydrogen (secondary N) is 1. The first-order valence-corrected chi connectivity index (χ1v) is 6.50. The average molecular weight is 276 g/mol. The molecule has 1 unspecified atom stereocenters. The molecule has 6 heteroatoms. The first kappa shape index (κ1) is 13.2. The number of hydrogen-bond acceptors (Lipinski definition) is 4. The molecule has 5 nitrogen and oxygen atoms in total. The highest BCUT2D eigenvalue weighted by molar-refractivity contribution is 7.09. The summed E-state index contributed by atoms with van der Waals surface area (Å²) in [6.45, 7) is 1.77. The van der Waals surface area contributed by atoms with Crippen LogP contribution in [0.1, 0.15) is 38.8 Å². The Kier molecular flexibility index (Phi) is 3.91. The van der Waals surface area contributed by atoms with Crippen LogP contribution in [0.3, 0.4) is 0 Å². The molecule has 0 saturated heterocycles. The highest BCUT2D eigenvalue weighted by Crippen LogP contribution is 2.18. The number of nitrogens with zero attached hydrogens (tertiary/aromatic N) is 1. The van der Waals surface area contributed by atoms with Crippen molar-refractivity contribution in [2.45, 2.75) is 13.0 Å². The van der Waals surface area contributed by atoms with Gasteiger partial charge in [0.25, 0.3) is 5.91 Å². The fraction of sp³-hybridized carbons (Fsp3) is 0.154. The monoisotopic (exact) mass is 276 g/mol. The smallest absolute Gasteiger partial charge is 0.355 e. The summed E-state index contributed by atoms with van der Waals surface area (Å²) < 4.78 is 0. The van der Waals surface area contributed by atoms with E-state index in [4.69, 9.17) is 5.11 Å². The quantitative estimate of drug-likeness (QED) is 0.898. The minimum Gasteiger partial charge on any atom is -0.476 e. The number of carbonyl (C=O) groups is 2. The Hall–Kier alpha value is -2.21. The summed E-state index contributed by atoms with van der Waals surface area (Å²) in [5.41, 5.74) is 0.560. The van der Waals surface area contributed by atoms with Gasteiger partial charge in [-0.2, -0.15) is 0 Å². The van der Waals surface area contributed by atoms with Gasteiger partial charge in [0.05, 0.1) is 6.04 Å². The van der Waals surface area contributed by atoms with E-state index < -0.39 is 5.97 Å². The highest BCUT2D eigenvalue weighted by Gasteiger charge is 2.16. The Morgan fingerprint density at radius 3 is 2.58 bits per heavy atom. The normalized spacial score (nSPS) is 11.8. The van der Waals surface area contributed by atoms with E-state index in [0.29, 0.717) is 10.6 Å². The van der Waals surface area contributed by atoms with Gasteiger partial charge in [0.15, 0.2) is 5.69 Å². The number of aromatic nitrogens is 1. The van der Waals surface area contributed by atoms with E-state index >= 15 is 0 Å². The van der Waals surface area contributed by atoms with Crippen LogP contribution in [0.5, 0.6) is 0 Å². The predicted octanol–water partition coefficient (Wildman–Crippen LogP) is 2.33. The van der Waals surface area contributed by atoms with E-state index in [0.717, 1.165) is 0 Å². The fourth-order valence-corrected chi connectivity index (χ4v) is 2.32. The average Bonchev–Trinajstić information content (AvgIpc) is 2.89. The van der Waals surface area contributed by atoms with Gasteiger partial charge < -0.3 is 10.4 Å². The molecular formula is C13H12N2O3S. The van der Waals surface area contributed by atoms with E-state index in [1.807, 2.05) is 6.07 Å². The molecule has 19 heavy (non-hydrogen) atoms. The Morgan fingerprint density at radius 1 is 1.32 bits per heavy atom. The number of carboxylic acids is 1. The molecule has 1 amide bonds. The number of rotatable bonds is 4. The van der Waals surface area contributed by atoms with Gasteiger partial charge in [-0.1, -0.05) is 18.2 Å². The van der Waals surface area contributed by atoms with Gasteiger partial charge in [-0.15, -0.1) is 11.3 Å². The summed E-state index contributed by atoms with van der Waals surface area (Å²) in [5, 5.41) is 13.6. The number of amides is 1. The largest absolute Gasteiger partial charge is 0.476 e. The molecule has 1 aromatic heterocycles. The van der Waals surface area contributed by atoms with Crippen LogP contribution >= 0.6 is 11.3 Å². The fourth-order valence-electron chi connectivity index (χ4n) is 1.52. The van der Waals surface area contributed by atoms with Gasteiger partial charge in [0.2, 0.25) is 0 Å². The molecule has 1 aromatic carbocycles. The van der Waals surface area contributed by atoms with Gasteiger partial charge >= 0.3 is 5.97 Å². The maximum absolute atomic E-state index is 11.9. The maximum atomic E-state index is 11.9. The van der Waals surface area contributed by atoms with Crippen molar-refractivity contribution in [2.24, 2.45) is 0 Å². The molecule has 98 valence electrons. The van der Waals surface area contributed by atoms with E-state index in [-0.39, 0.29) is 17.6 Å². The van der Waals surface area contributed by atoms with Crippen LogP contribution in [0.25, 0.3) is 0 Å².